The third kappa shape index (κ3) is 5.32. The zero-order chi connectivity index (χ0) is 24.6. The number of halogens is 1. The monoisotopic (exact) mass is 515 g/mol. The summed E-state index contributed by atoms with van der Waals surface area (Å²) < 4.78 is 23.7. The molecule has 34 heavy (non-hydrogen) atoms. The lowest BCUT2D eigenvalue weighted by Gasteiger charge is -2.19. The number of hydrogen-bond donors (Lipinski definition) is 5. The molecule has 15 heteroatoms. The first-order valence-electron chi connectivity index (χ1n) is 10.3. The summed E-state index contributed by atoms with van der Waals surface area (Å²) in [7, 11) is -5.06. The molecule has 3 heterocycles. The number of aromatic nitrogens is 4. The maximum atomic E-state index is 12.7. The summed E-state index contributed by atoms with van der Waals surface area (Å²) in [5.41, 5.74) is 6.54. The number of imidazole rings is 1. The second-order valence-corrected chi connectivity index (χ2v) is 9.51. The SMILES string of the molecule is Nc1nc2c(c(=O)[nH]1)n(CCCc1ccc(Cl)cc1)c[n+]2[C@@H]1O[C@H](COP(=O)([O-])O)[C@@H](O)[C@H]1O. The number of hydrogen-bond acceptors (Lipinski definition) is 9. The summed E-state index contributed by atoms with van der Waals surface area (Å²) in [6, 6.07) is 7.40. The minimum absolute atomic E-state index is 0.0993. The second-order valence-electron chi connectivity index (χ2n) is 7.88. The van der Waals surface area contributed by atoms with E-state index in [1.807, 2.05) is 12.1 Å². The summed E-state index contributed by atoms with van der Waals surface area (Å²) in [5, 5.41) is 21.5. The number of nitrogens with two attached hydrogens (primary N) is 1. The number of H-pyrrole nitrogens is 1. The highest BCUT2D eigenvalue weighted by Gasteiger charge is 2.47. The van der Waals surface area contributed by atoms with Gasteiger partial charge in [0.15, 0.2) is 6.33 Å². The Bertz CT molecular complexity index is 1280. The van der Waals surface area contributed by atoms with Crippen molar-refractivity contribution in [1.82, 2.24) is 14.5 Å². The fourth-order valence-corrected chi connectivity index (χ4v) is 4.36. The van der Waals surface area contributed by atoms with Gasteiger partial charge in [0, 0.05) is 5.02 Å². The van der Waals surface area contributed by atoms with Gasteiger partial charge < -0.3 is 35.0 Å². The van der Waals surface area contributed by atoms with Gasteiger partial charge in [0.05, 0.1) is 13.2 Å². The van der Waals surface area contributed by atoms with Crippen LogP contribution < -0.4 is 20.8 Å². The van der Waals surface area contributed by atoms with Crippen LogP contribution in [0.1, 0.15) is 18.2 Å². The third-order valence-electron chi connectivity index (χ3n) is 5.48. The minimum atomic E-state index is -5.06. The third-order valence-corrected chi connectivity index (χ3v) is 6.21. The zero-order valence-electron chi connectivity index (χ0n) is 17.7. The van der Waals surface area contributed by atoms with Crippen LogP contribution in [0.15, 0.2) is 35.4 Å². The van der Waals surface area contributed by atoms with Crippen molar-refractivity contribution in [1.29, 1.82) is 0 Å². The van der Waals surface area contributed by atoms with E-state index in [1.54, 1.807) is 16.7 Å². The normalized spacial score (nSPS) is 24.5. The zero-order valence-corrected chi connectivity index (χ0v) is 19.3. The molecule has 13 nitrogen and oxygen atoms in total. The second kappa shape index (κ2) is 9.72. The number of aliphatic hydroxyl groups is 2. The highest BCUT2D eigenvalue weighted by atomic mass is 35.5. The molecular weight excluding hydrogens is 493 g/mol. The molecule has 1 fully saturated rings. The topological polar surface area (TPSA) is 200 Å². The Balaban J connectivity index is 1.60. The summed E-state index contributed by atoms with van der Waals surface area (Å²) in [6.07, 6.45) is -2.70. The average molecular weight is 516 g/mol. The quantitative estimate of drug-likeness (QED) is 0.182. The number of aromatic amines is 1. The highest BCUT2D eigenvalue weighted by molar-refractivity contribution is 7.44. The van der Waals surface area contributed by atoms with Crippen LogP contribution in [-0.4, -0.2) is 54.6 Å². The van der Waals surface area contributed by atoms with E-state index in [9.17, 15) is 24.5 Å². The van der Waals surface area contributed by atoms with E-state index in [0.717, 1.165) is 5.56 Å². The van der Waals surface area contributed by atoms with Crippen molar-refractivity contribution in [3.8, 4) is 0 Å². The van der Waals surface area contributed by atoms with Crippen LogP contribution in [0, 0.1) is 0 Å². The number of phosphoric acid groups is 1. The smallest absolute Gasteiger partial charge is 0.313 e. The Morgan fingerprint density at radius 3 is 2.71 bits per heavy atom. The van der Waals surface area contributed by atoms with E-state index in [4.69, 9.17) is 27.0 Å². The number of fused-ring (bicyclic) bond motifs is 1. The summed E-state index contributed by atoms with van der Waals surface area (Å²) in [4.78, 5) is 38.9. The summed E-state index contributed by atoms with van der Waals surface area (Å²) in [5.74, 6) is -0.161. The molecule has 2 aromatic heterocycles. The fourth-order valence-electron chi connectivity index (χ4n) is 3.90. The van der Waals surface area contributed by atoms with Gasteiger partial charge in [0.25, 0.3) is 19.3 Å². The van der Waals surface area contributed by atoms with Crippen LogP contribution in [0.5, 0.6) is 0 Å². The first-order valence-corrected chi connectivity index (χ1v) is 12.1. The molecule has 0 amide bonds. The first kappa shape index (κ1) is 24.8. The predicted octanol–water partition coefficient (Wildman–Crippen LogP) is -1.02. The number of aryl methyl sites for hydroxylation is 2. The van der Waals surface area contributed by atoms with Gasteiger partial charge in [-0.15, -0.1) is 0 Å². The molecule has 184 valence electrons. The highest BCUT2D eigenvalue weighted by Crippen LogP contribution is 2.34. The van der Waals surface area contributed by atoms with Crippen LogP contribution in [0.4, 0.5) is 5.95 Å². The number of benzene rings is 1. The lowest BCUT2D eigenvalue weighted by atomic mass is 10.1. The van der Waals surface area contributed by atoms with Crippen LogP contribution in [0.25, 0.3) is 11.2 Å². The molecule has 5 atom stereocenters. The molecule has 1 saturated heterocycles. The molecule has 1 aliphatic heterocycles. The van der Waals surface area contributed by atoms with E-state index in [0.29, 0.717) is 24.4 Å². The molecule has 0 radical (unpaired) electrons. The van der Waals surface area contributed by atoms with Gasteiger partial charge in [0.2, 0.25) is 11.7 Å². The Morgan fingerprint density at radius 1 is 1.32 bits per heavy atom. The molecule has 1 unspecified atom stereocenters. The van der Waals surface area contributed by atoms with Crippen molar-refractivity contribution in [2.45, 2.75) is 43.9 Å². The molecule has 1 aromatic carbocycles. The van der Waals surface area contributed by atoms with E-state index in [2.05, 4.69) is 14.5 Å². The largest absolute Gasteiger partial charge is 0.756 e. The Labute approximate surface area is 197 Å². The van der Waals surface area contributed by atoms with Crippen molar-refractivity contribution in [2.24, 2.45) is 0 Å². The average Bonchev–Trinajstić information content (AvgIpc) is 3.25. The number of rotatable bonds is 8. The van der Waals surface area contributed by atoms with Gasteiger partial charge in [0.1, 0.15) is 18.3 Å². The van der Waals surface area contributed by atoms with Crippen LogP contribution in [-0.2, 0) is 26.8 Å². The van der Waals surface area contributed by atoms with Gasteiger partial charge >= 0.3 is 5.65 Å². The van der Waals surface area contributed by atoms with Gasteiger partial charge in [-0.2, -0.15) is 0 Å². The number of nitrogens with zero attached hydrogens (tertiary/aromatic N) is 3. The standard InChI is InChI=1S/C19H23ClN5O8P/c20-11-5-3-10(4-6-11)2-1-7-24-9-25(16-13(24)17(28)23-19(21)22-16)18-15(27)14(26)12(33-18)8-32-34(29,30)31/h3-6,9,12,14-15,18,26-27H,1-2,7-8H2,(H4-,21,22,23,28,29,30,31)/t12-,14-,15-,18-/m1/s1. The van der Waals surface area contributed by atoms with E-state index < -0.39 is 44.5 Å². The summed E-state index contributed by atoms with van der Waals surface area (Å²) >= 11 is 5.91. The van der Waals surface area contributed by atoms with Gasteiger partial charge in [-0.25, -0.2) is 4.57 Å². The van der Waals surface area contributed by atoms with Crippen molar-refractivity contribution >= 4 is 36.5 Å². The number of ether oxygens (including phenoxy) is 1. The Kier molecular flexibility index (Phi) is 7.08. The molecule has 0 spiro atoms. The molecule has 1 aliphatic rings. The molecule has 0 saturated carbocycles. The Morgan fingerprint density at radius 2 is 2.03 bits per heavy atom. The van der Waals surface area contributed by atoms with Crippen LogP contribution >= 0.6 is 19.4 Å². The molecule has 6 N–H and O–H groups in total. The predicted molar refractivity (Wildman–Crippen MR) is 116 cm³/mol. The van der Waals surface area contributed by atoms with Crippen LogP contribution in [0.2, 0.25) is 5.02 Å². The number of nitrogen functional groups attached to an aromatic ring is 1. The van der Waals surface area contributed by atoms with Gasteiger partial charge in [-0.05, 0) is 30.5 Å². The van der Waals surface area contributed by atoms with Crippen molar-refractivity contribution in [3.05, 3.63) is 51.5 Å². The van der Waals surface area contributed by atoms with E-state index >= 15 is 0 Å². The lowest BCUT2D eigenvalue weighted by molar-refractivity contribution is -0.746. The number of aliphatic hydroxyl groups excluding tert-OH is 2. The lowest BCUT2D eigenvalue weighted by Crippen LogP contribution is -2.46. The molecule has 0 aliphatic carbocycles. The van der Waals surface area contributed by atoms with E-state index in [1.165, 1.54) is 10.9 Å². The van der Waals surface area contributed by atoms with Crippen molar-refractivity contribution < 1.29 is 38.4 Å². The molecule has 3 aromatic rings. The van der Waals surface area contributed by atoms with Crippen molar-refractivity contribution in [2.75, 3.05) is 12.3 Å². The van der Waals surface area contributed by atoms with E-state index in [-0.39, 0.29) is 17.1 Å². The Hall–Kier alpha value is -2.35. The molecule has 0 bridgehead atoms. The molecule has 4 rings (SSSR count). The maximum absolute atomic E-state index is 12.7. The molecular formula is C19H23ClN5O8P. The summed E-state index contributed by atoms with van der Waals surface area (Å²) in [6.45, 7) is -0.314. The number of nitrogens with one attached hydrogen (secondary N) is 1. The van der Waals surface area contributed by atoms with Crippen molar-refractivity contribution in [3.63, 3.8) is 0 Å². The van der Waals surface area contributed by atoms with Gasteiger partial charge in [-0.3, -0.25) is 18.9 Å². The fraction of sp³-hybridized carbons (Fsp3) is 0.421. The number of anilines is 1. The first-order chi connectivity index (χ1) is 16.0. The number of phosphoric ester groups is 1. The minimum Gasteiger partial charge on any atom is -0.756 e. The van der Waals surface area contributed by atoms with Crippen LogP contribution in [0.3, 0.4) is 0 Å². The van der Waals surface area contributed by atoms with Gasteiger partial charge in [-0.1, -0.05) is 28.7 Å². The maximum Gasteiger partial charge on any atom is 0.313 e.